The first-order chi connectivity index (χ1) is 9.58. The van der Waals surface area contributed by atoms with Crippen LogP contribution in [-0.2, 0) is 9.84 Å². The molecule has 1 aromatic rings. The fourth-order valence-electron chi connectivity index (χ4n) is 1.65. The summed E-state index contributed by atoms with van der Waals surface area (Å²) in [7, 11) is -3.14. The van der Waals surface area contributed by atoms with E-state index in [1.165, 1.54) is 0 Å². The van der Waals surface area contributed by atoms with E-state index in [9.17, 15) is 13.2 Å². The van der Waals surface area contributed by atoms with Crippen LogP contribution < -0.4 is 16.4 Å². The van der Waals surface area contributed by atoms with Gasteiger partial charge in [-0.05, 0) is 12.8 Å². The number of amides is 1. The van der Waals surface area contributed by atoms with Crippen molar-refractivity contribution < 1.29 is 13.2 Å². The molecule has 0 spiro atoms. The second-order valence-corrected chi connectivity index (χ2v) is 8.66. The highest BCUT2D eigenvalue weighted by Crippen LogP contribution is 2.25. The molecule has 21 heavy (non-hydrogen) atoms. The van der Waals surface area contributed by atoms with Crippen LogP contribution in [0.3, 0.4) is 0 Å². The molecule has 1 rings (SSSR count). The highest BCUT2D eigenvalue weighted by atomic mass is 32.2. The normalized spacial score (nSPS) is 13.2. The van der Waals surface area contributed by atoms with E-state index in [0.717, 1.165) is 24.1 Å². The second-order valence-electron chi connectivity index (χ2n) is 5.48. The smallest absolute Gasteiger partial charge is 0.265 e. The van der Waals surface area contributed by atoms with Crippen molar-refractivity contribution in [3.05, 3.63) is 4.88 Å². The molecule has 0 aliphatic heterocycles. The Balaban J connectivity index is 2.70. The van der Waals surface area contributed by atoms with Gasteiger partial charge in [-0.1, -0.05) is 25.2 Å². The summed E-state index contributed by atoms with van der Waals surface area (Å²) in [6, 6.07) is -0.485. The van der Waals surface area contributed by atoms with Crippen molar-refractivity contribution in [1.82, 2.24) is 10.3 Å². The molecule has 0 saturated heterocycles. The van der Waals surface area contributed by atoms with E-state index in [-0.39, 0.29) is 11.6 Å². The van der Waals surface area contributed by atoms with Crippen molar-refractivity contribution in [2.24, 2.45) is 5.92 Å². The SMILES string of the molecule is CC(C)CNc1nc(N)c(C(=O)NC(C)CS(C)(=O)=O)s1. The third-order valence-corrected chi connectivity index (χ3v) is 4.58. The first kappa shape index (κ1) is 17.7. The molecule has 1 heterocycles. The minimum atomic E-state index is -3.14. The van der Waals surface area contributed by atoms with Crippen LogP contribution in [0.25, 0.3) is 0 Å². The van der Waals surface area contributed by atoms with Gasteiger partial charge in [-0.15, -0.1) is 0 Å². The number of aromatic nitrogens is 1. The van der Waals surface area contributed by atoms with Crippen molar-refractivity contribution >= 4 is 38.0 Å². The zero-order valence-electron chi connectivity index (χ0n) is 12.6. The number of nitrogens with zero attached hydrogens (tertiary/aromatic N) is 1. The highest BCUT2D eigenvalue weighted by Gasteiger charge is 2.19. The Hall–Kier alpha value is -1.35. The van der Waals surface area contributed by atoms with Crippen LogP contribution in [0.1, 0.15) is 30.4 Å². The molecule has 1 atom stereocenters. The second kappa shape index (κ2) is 7.08. The number of hydrogen-bond donors (Lipinski definition) is 3. The molecule has 0 aliphatic carbocycles. The number of nitrogens with one attached hydrogen (secondary N) is 2. The molecule has 0 saturated carbocycles. The Morgan fingerprint density at radius 3 is 2.52 bits per heavy atom. The lowest BCUT2D eigenvalue weighted by molar-refractivity contribution is 0.0948. The number of thiazole rings is 1. The zero-order valence-corrected chi connectivity index (χ0v) is 14.3. The molecule has 0 aromatic carbocycles. The van der Waals surface area contributed by atoms with Gasteiger partial charge in [0.1, 0.15) is 20.5 Å². The van der Waals surface area contributed by atoms with Crippen molar-refractivity contribution in [1.29, 1.82) is 0 Å². The van der Waals surface area contributed by atoms with E-state index >= 15 is 0 Å². The molecular weight excluding hydrogens is 312 g/mol. The predicted molar refractivity (Wildman–Crippen MR) is 86.5 cm³/mol. The summed E-state index contributed by atoms with van der Waals surface area (Å²) < 4.78 is 22.4. The van der Waals surface area contributed by atoms with E-state index in [2.05, 4.69) is 29.5 Å². The lowest BCUT2D eigenvalue weighted by atomic mass is 10.2. The largest absolute Gasteiger partial charge is 0.382 e. The van der Waals surface area contributed by atoms with E-state index in [1.807, 2.05) is 0 Å². The molecule has 9 heteroatoms. The highest BCUT2D eigenvalue weighted by molar-refractivity contribution is 7.90. The van der Waals surface area contributed by atoms with Gasteiger partial charge in [0.2, 0.25) is 0 Å². The minimum Gasteiger partial charge on any atom is -0.382 e. The number of carbonyl (C=O) groups excluding carboxylic acids is 1. The molecule has 1 aromatic heterocycles. The van der Waals surface area contributed by atoms with Gasteiger partial charge in [-0.3, -0.25) is 4.79 Å². The van der Waals surface area contributed by atoms with Gasteiger partial charge in [0.15, 0.2) is 5.13 Å². The number of carbonyl (C=O) groups is 1. The number of sulfone groups is 1. The van der Waals surface area contributed by atoms with Gasteiger partial charge in [0, 0.05) is 18.8 Å². The number of anilines is 2. The lowest BCUT2D eigenvalue weighted by Crippen LogP contribution is -2.37. The van der Waals surface area contributed by atoms with E-state index in [1.54, 1.807) is 6.92 Å². The Morgan fingerprint density at radius 2 is 2.00 bits per heavy atom. The van der Waals surface area contributed by atoms with Gasteiger partial charge in [-0.2, -0.15) is 0 Å². The number of rotatable bonds is 7. The first-order valence-corrected chi connectivity index (χ1v) is 9.45. The fraction of sp³-hybridized carbons (Fsp3) is 0.667. The summed E-state index contributed by atoms with van der Waals surface area (Å²) in [6.45, 7) is 6.49. The van der Waals surface area contributed by atoms with Gasteiger partial charge in [0.25, 0.3) is 5.91 Å². The summed E-state index contributed by atoms with van der Waals surface area (Å²) >= 11 is 1.16. The average Bonchev–Trinajstić information content (AvgIpc) is 2.65. The molecule has 1 amide bonds. The molecule has 0 fully saturated rings. The van der Waals surface area contributed by atoms with E-state index in [4.69, 9.17) is 5.73 Å². The van der Waals surface area contributed by atoms with E-state index < -0.39 is 21.8 Å². The molecular formula is C12H22N4O3S2. The van der Waals surface area contributed by atoms with Crippen LogP contribution in [0.2, 0.25) is 0 Å². The number of nitrogen functional groups attached to an aromatic ring is 1. The van der Waals surface area contributed by atoms with Crippen molar-refractivity contribution in [2.75, 3.05) is 29.6 Å². The monoisotopic (exact) mass is 334 g/mol. The van der Waals surface area contributed by atoms with Gasteiger partial charge in [0.05, 0.1) is 5.75 Å². The van der Waals surface area contributed by atoms with Crippen LogP contribution in [0.5, 0.6) is 0 Å². The first-order valence-electron chi connectivity index (χ1n) is 6.57. The fourth-order valence-corrected chi connectivity index (χ4v) is 3.43. The number of hydrogen-bond acceptors (Lipinski definition) is 7. The van der Waals surface area contributed by atoms with Gasteiger partial charge in [-0.25, -0.2) is 13.4 Å². The van der Waals surface area contributed by atoms with Crippen molar-refractivity contribution in [2.45, 2.75) is 26.8 Å². The Bertz CT molecular complexity index is 596. The lowest BCUT2D eigenvalue weighted by Gasteiger charge is -2.11. The molecule has 0 radical (unpaired) electrons. The predicted octanol–water partition coefficient (Wildman–Crippen LogP) is 0.956. The van der Waals surface area contributed by atoms with Crippen LogP contribution in [-0.4, -0.2) is 43.9 Å². The summed E-state index contributed by atoms with van der Waals surface area (Å²) in [5.41, 5.74) is 5.73. The summed E-state index contributed by atoms with van der Waals surface area (Å²) in [5, 5.41) is 6.30. The van der Waals surface area contributed by atoms with Gasteiger partial charge < -0.3 is 16.4 Å². The molecule has 4 N–H and O–H groups in total. The maximum absolute atomic E-state index is 12.1. The quantitative estimate of drug-likeness (QED) is 0.684. The average molecular weight is 334 g/mol. The van der Waals surface area contributed by atoms with Crippen LogP contribution >= 0.6 is 11.3 Å². The Labute approximate surface area is 129 Å². The Kier molecular flexibility index (Phi) is 5.97. The Morgan fingerprint density at radius 1 is 1.38 bits per heavy atom. The number of nitrogens with two attached hydrogens (primary N) is 1. The molecule has 0 aliphatic rings. The van der Waals surface area contributed by atoms with Crippen molar-refractivity contribution in [3.8, 4) is 0 Å². The van der Waals surface area contributed by atoms with Gasteiger partial charge >= 0.3 is 0 Å². The zero-order chi connectivity index (χ0) is 16.2. The summed E-state index contributed by atoms with van der Waals surface area (Å²) in [4.78, 5) is 16.5. The van der Waals surface area contributed by atoms with Crippen molar-refractivity contribution in [3.63, 3.8) is 0 Å². The summed E-state index contributed by atoms with van der Waals surface area (Å²) in [6.07, 6.45) is 1.13. The van der Waals surface area contributed by atoms with E-state index in [0.29, 0.717) is 15.9 Å². The van der Waals surface area contributed by atoms with Crippen LogP contribution in [0.15, 0.2) is 0 Å². The van der Waals surface area contributed by atoms with Crippen LogP contribution in [0.4, 0.5) is 10.9 Å². The third kappa shape index (κ3) is 6.30. The minimum absolute atomic E-state index is 0.115. The molecule has 1 unspecified atom stereocenters. The third-order valence-electron chi connectivity index (χ3n) is 2.45. The standard InChI is InChI=1S/C12H22N4O3S2/c1-7(2)5-14-12-16-10(13)9(20-12)11(17)15-8(3)6-21(4,18)19/h7-8H,5-6,13H2,1-4H3,(H,14,16)(H,15,17). The van der Waals surface area contributed by atoms with Crippen LogP contribution in [0, 0.1) is 5.92 Å². The molecule has 7 nitrogen and oxygen atoms in total. The topological polar surface area (TPSA) is 114 Å². The summed E-state index contributed by atoms with van der Waals surface area (Å²) in [5.74, 6) is 0.0758. The maximum Gasteiger partial charge on any atom is 0.265 e. The molecule has 120 valence electrons. The maximum atomic E-state index is 12.1. The molecule has 0 bridgehead atoms.